The van der Waals surface area contributed by atoms with Gasteiger partial charge in [-0.25, -0.2) is 4.79 Å². The predicted octanol–water partition coefficient (Wildman–Crippen LogP) is 1.85. The van der Waals surface area contributed by atoms with Gasteiger partial charge in [-0.05, 0) is 25.5 Å². The largest absolute Gasteiger partial charge is 0.481 e. The third kappa shape index (κ3) is 2.45. The van der Waals surface area contributed by atoms with E-state index in [-0.39, 0.29) is 19.1 Å². The standard InChI is InChI=1S/C13H16N2O3/c1-8-3-4-11(9(2)5-8)14-13(18)15-6-10(7-15)12(16)17/h3-5,10H,6-7H2,1-2H3,(H,14,18)(H,16,17). The molecule has 1 aromatic carbocycles. The second kappa shape index (κ2) is 4.68. The zero-order valence-corrected chi connectivity index (χ0v) is 10.4. The number of aryl methyl sites for hydroxylation is 2. The summed E-state index contributed by atoms with van der Waals surface area (Å²) < 4.78 is 0. The van der Waals surface area contributed by atoms with Gasteiger partial charge < -0.3 is 15.3 Å². The summed E-state index contributed by atoms with van der Waals surface area (Å²) in [7, 11) is 0. The maximum absolute atomic E-state index is 11.8. The third-order valence-electron chi connectivity index (χ3n) is 3.14. The molecule has 2 rings (SSSR count). The quantitative estimate of drug-likeness (QED) is 0.839. The number of aliphatic carboxylic acids is 1. The van der Waals surface area contributed by atoms with Crippen LogP contribution in [0.5, 0.6) is 0 Å². The first-order chi connectivity index (χ1) is 8.47. The normalized spacial score (nSPS) is 15.1. The molecule has 0 atom stereocenters. The SMILES string of the molecule is Cc1ccc(NC(=O)N2CC(C(=O)O)C2)c(C)c1. The summed E-state index contributed by atoms with van der Waals surface area (Å²) in [6.45, 7) is 4.49. The van der Waals surface area contributed by atoms with E-state index >= 15 is 0 Å². The number of carboxylic acid groups (broad SMARTS) is 1. The van der Waals surface area contributed by atoms with Crippen LogP contribution in [0.25, 0.3) is 0 Å². The minimum Gasteiger partial charge on any atom is -0.481 e. The molecule has 1 heterocycles. The molecule has 5 nitrogen and oxygen atoms in total. The van der Waals surface area contributed by atoms with Crippen LogP contribution < -0.4 is 5.32 Å². The van der Waals surface area contributed by atoms with Crippen molar-refractivity contribution in [3.63, 3.8) is 0 Å². The van der Waals surface area contributed by atoms with Gasteiger partial charge in [0.15, 0.2) is 0 Å². The Balaban J connectivity index is 1.94. The Labute approximate surface area is 105 Å². The van der Waals surface area contributed by atoms with Crippen molar-refractivity contribution in [3.05, 3.63) is 29.3 Å². The fourth-order valence-corrected chi connectivity index (χ4v) is 1.95. The number of benzene rings is 1. The Kier molecular flexibility index (Phi) is 3.23. The topological polar surface area (TPSA) is 69.6 Å². The number of urea groups is 1. The van der Waals surface area contributed by atoms with Gasteiger partial charge in [0.05, 0.1) is 5.92 Å². The Morgan fingerprint density at radius 3 is 2.56 bits per heavy atom. The molecule has 1 fully saturated rings. The van der Waals surface area contributed by atoms with E-state index in [4.69, 9.17) is 5.11 Å². The zero-order chi connectivity index (χ0) is 13.3. The Hall–Kier alpha value is -2.04. The maximum Gasteiger partial charge on any atom is 0.321 e. The fourth-order valence-electron chi connectivity index (χ4n) is 1.95. The van der Waals surface area contributed by atoms with Crippen molar-refractivity contribution >= 4 is 17.7 Å². The molecule has 0 radical (unpaired) electrons. The molecular formula is C13H16N2O3. The first kappa shape index (κ1) is 12.4. The lowest BCUT2D eigenvalue weighted by Gasteiger charge is -2.36. The molecule has 0 unspecified atom stereocenters. The van der Waals surface area contributed by atoms with Crippen LogP contribution >= 0.6 is 0 Å². The van der Waals surface area contributed by atoms with Gasteiger partial charge in [-0.2, -0.15) is 0 Å². The summed E-state index contributed by atoms with van der Waals surface area (Å²) in [4.78, 5) is 24.0. The summed E-state index contributed by atoms with van der Waals surface area (Å²) in [5.41, 5.74) is 2.91. The van der Waals surface area contributed by atoms with Crippen LogP contribution in [-0.4, -0.2) is 35.1 Å². The molecule has 2 N–H and O–H groups in total. The molecule has 5 heteroatoms. The van der Waals surface area contributed by atoms with E-state index in [9.17, 15) is 9.59 Å². The van der Waals surface area contributed by atoms with Gasteiger partial charge in [0.2, 0.25) is 0 Å². The maximum atomic E-state index is 11.8. The molecule has 1 saturated heterocycles. The van der Waals surface area contributed by atoms with E-state index in [2.05, 4.69) is 5.32 Å². The van der Waals surface area contributed by atoms with Crippen LogP contribution in [0.15, 0.2) is 18.2 Å². The smallest absolute Gasteiger partial charge is 0.321 e. The summed E-state index contributed by atoms with van der Waals surface area (Å²) in [5, 5.41) is 11.5. The molecule has 1 aliphatic rings. The summed E-state index contributed by atoms with van der Waals surface area (Å²) >= 11 is 0. The van der Waals surface area contributed by atoms with Crippen LogP contribution in [-0.2, 0) is 4.79 Å². The van der Waals surface area contributed by atoms with Crippen molar-refractivity contribution in [1.29, 1.82) is 0 Å². The molecule has 1 aliphatic heterocycles. The number of likely N-dealkylation sites (tertiary alicyclic amines) is 1. The summed E-state index contributed by atoms with van der Waals surface area (Å²) in [6, 6.07) is 5.54. The second-order valence-corrected chi connectivity index (χ2v) is 4.69. The van der Waals surface area contributed by atoms with E-state index in [0.717, 1.165) is 16.8 Å². The van der Waals surface area contributed by atoms with Crippen LogP contribution in [0.3, 0.4) is 0 Å². The van der Waals surface area contributed by atoms with E-state index in [1.165, 1.54) is 4.90 Å². The Morgan fingerprint density at radius 1 is 1.33 bits per heavy atom. The van der Waals surface area contributed by atoms with Gasteiger partial charge in [0.1, 0.15) is 0 Å². The van der Waals surface area contributed by atoms with E-state index in [0.29, 0.717) is 0 Å². The molecule has 0 saturated carbocycles. The molecule has 0 aliphatic carbocycles. The molecular weight excluding hydrogens is 232 g/mol. The van der Waals surface area contributed by atoms with Crippen LogP contribution in [0.1, 0.15) is 11.1 Å². The number of hydrogen-bond donors (Lipinski definition) is 2. The van der Waals surface area contributed by atoms with Crippen molar-refractivity contribution < 1.29 is 14.7 Å². The number of nitrogens with zero attached hydrogens (tertiary/aromatic N) is 1. The van der Waals surface area contributed by atoms with Crippen molar-refractivity contribution in [1.82, 2.24) is 4.90 Å². The lowest BCUT2D eigenvalue weighted by atomic mass is 10.0. The molecule has 0 spiro atoms. The van der Waals surface area contributed by atoms with Gasteiger partial charge in [-0.15, -0.1) is 0 Å². The molecule has 2 amide bonds. The van der Waals surface area contributed by atoms with Crippen molar-refractivity contribution in [2.45, 2.75) is 13.8 Å². The van der Waals surface area contributed by atoms with Gasteiger partial charge in [-0.3, -0.25) is 4.79 Å². The fraction of sp³-hybridized carbons (Fsp3) is 0.385. The minimum absolute atomic E-state index is 0.237. The Bertz CT molecular complexity index is 493. The summed E-state index contributed by atoms with van der Waals surface area (Å²) in [5.74, 6) is -1.26. The number of hydrogen-bond acceptors (Lipinski definition) is 2. The van der Waals surface area contributed by atoms with Crippen LogP contribution in [0.2, 0.25) is 0 Å². The van der Waals surface area contributed by atoms with Crippen LogP contribution in [0.4, 0.5) is 10.5 Å². The molecule has 0 aromatic heterocycles. The molecule has 0 bridgehead atoms. The average molecular weight is 248 g/mol. The number of anilines is 1. The number of nitrogens with one attached hydrogen (secondary N) is 1. The summed E-state index contributed by atoms with van der Waals surface area (Å²) in [6.07, 6.45) is 0. The van der Waals surface area contributed by atoms with E-state index < -0.39 is 11.9 Å². The number of amides is 2. The molecule has 1 aromatic rings. The van der Waals surface area contributed by atoms with Gasteiger partial charge in [0, 0.05) is 18.8 Å². The number of carbonyl (C=O) groups excluding carboxylic acids is 1. The highest BCUT2D eigenvalue weighted by Gasteiger charge is 2.35. The van der Waals surface area contributed by atoms with Crippen molar-refractivity contribution in [2.75, 3.05) is 18.4 Å². The first-order valence-electron chi connectivity index (χ1n) is 5.83. The van der Waals surface area contributed by atoms with Gasteiger partial charge in [-0.1, -0.05) is 17.7 Å². The number of carbonyl (C=O) groups is 2. The average Bonchev–Trinajstić information content (AvgIpc) is 2.19. The monoisotopic (exact) mass is 248 g/mol. The van der Waals surface area contributed by atoms with E-state index in [1.54, 1.807) is 0 Å². The van der Waals surface area contributed by atoms with Crippen molar-refractivity contribution in [2.24, 2.45) is 5.92 Å². The first-order valence-corrected chi connectivity index (χ1v) is 5.83. The van der Waals surface area contributed by atoms with Gasteiger partial charge in [0.25, 0.3) is 0 Å². The second-order valence-electron chi connectivity index (χ2n) is 4.69. The third-order valence-corrected chi connectivity index (χ3v) is 3.14. The van der Waals surface area contributed by atoms with Gasteiger partial charge >= 0.3 is 12.0 Å². The molecule has 96 valence electrons. The van der Waals surface area contributed by atoms with Crippen molar-refractivity contribution in [3.8, 4) is 0 Å². The molecule has 18 heavy (non-hydrogen) atoms. The zero-order valence-electron chi connectivity index (χ0n) is 10.4. The lowest BCUT2D eigenvalue weighted by Crippen LogP contribution is -2.54. The number of rotatable bonds is 2. The highest BCUT2D eigenvalue weighted by molar-refractivity contribution is 5.91. The highest BCUT2D eigenvalue weighted by atomic mass is 16.4. The number of carboxylic acids is 1. The lowest BCUT2D eigenvalue weighted by molar-refractivity contribution is -0.145. The van der Waals surface area contributed by atoms with E-state index in [1.807, 2.05) is 32.0 Å². The Morgan fingerprint density at radius 2 is 2.00 bits per heavy atom. The highest BCUT2D eigenvalue weighted by Crippen LogP contribution is 2.20. The van der Waals surface area contributed by atoms with Crippen LogP contribution in [0, 0.1) is 19.8 Å². The predicted molar refractivity (Wildman–Crippen MR) is 67.6 cm³/mol. The minimum atomic E-state index is -0.842.